The van der Waals surface area contributed by atoms with Crippen LogP contribution >= 0.6 is 11.8 Å². The number of carboxylic acids is 1. The molecule has 1 aromatic carbocycles. The van der Waals surface area contributed by atoms with Gasteiger partial charge in [0, 0.05) is 4.90 Å². The van der Waals surface area contributed by atoms with Gasteiger partial charge in [0.05, 0.1) is 5.92 Å². The number of hydrogen-bond donors (Lipinski definition) is 1. The molecule has 0 spiro atoms. The van der Waals surface area contributed by atoms with E-state index in [-0.39, 0.29) is 5.92 Å². The Morgan fingerprint density at radius 3 is 2.38 bits per heavy atom. The van der Waals surface area contributed by atoms with Gasteiger partial charge >= 0.3 is 5.97 Å². The van der Waals surface area contributed by atoms with E-state index in [2.05, 4.69) is 6.92 Å². The highest BCUT2D eigenvalue weighted by molar-refractivity contribution is 7.99. The highest BCUT2D eigenvalue weighted by atomic mass is 32.2. The van der Waals surface area contributed by atoms with Crippen molar-refractivity contribution in [3.05, 3.63) is 29.8 Å². The van der Waals surface area contributed by atoms with Gasteiger partial charge in [0.25, 0.3) is 0 Å². The van der Waals surface area contributed by atoms with E-state index < -0.39 is 5.97 Å². The molecule has 1 rings (SSSR count). The van der Waals surface area contributed by atoms with Crippen LogP contribution in [0.1, 0.15) is 38.2 Å². The molecule has 0 radical (unpaired) electrons. The van der Waals surface area contributed by atoms with Gasteiger partial charge in [-0.1, -0.05) is 26.0 Å². The summed E-state index contributed by atoms with van der Waals surface area (Å²) in [5.74, 6) is -0.00292. The van der Waals surface area contributed by atoms with Crippen molar-refractivity contribution >= 4 is 17.7 Å². The molecule has 1 atom stereocenters. The van der Waals surface area contributed by atoms with Crippen molar-refractivity contribution in [1.29, 1.82) is 0 Å². The van der Waals surface area contributed by atoms with E-state index >= 15 is 0 Å². The van der Waals surface area contributed by atoms with Gasteiger partial charge < -0.3 is 5.11 Å². The number of rotatable bonds is 6. The molecule has 3 heteroatoms. The van der Waals surface area contributed by atoms with Gasteiger partial charge in [-0.05, 0) is 36.3 Å². The molecule has 0 saturated heterocycles. The summed E-state index contributed by atoms with van der Waals surface area (Å²) in [6.07, 6.45) is 1.79. The summed E-state index contributed by atoms with van der Waals surface area (Å²) in [5.41, 5.74) is 0.899. The van der Waals surface area contributed by atoms with Crippen molar-refractivity contribution in [3.8, 4) is 0 Å². The zero-order chi connectivity index (χ0) is 12.0. The third-order valence-corrected chi connectivity index (χ3v) is 3.68. The summed E-state index contributed by atoms with van der Waals surface area (Å²) >= 11 is 1.81. The van der Waals surface area contributed by atoms with Crippen LogP contribution < -0.4 is 0 Å². The topological polar surface area (TPSA) is 37.3 Å². The Morgan fingerprint density at radius 2 is 1.94 bits per heavy atom. The number of benzene rings is 1. The van der Waals surface area contributed by atoms with Crippen LogP contribution in [0.15, 0.2) is 29.2 Å². The number of carboxylic acid groups (broad SMARTS) is 1. The molecule has 0 aliphatic carbocycles. The van der Waals surface area contributed by atoms with Crippen molar-refractivity contribution in [2.45, 2.75) is 37.5 Å². The molecule has 1 unspecified atom stereocenters. The lowest BCUT2D eigenvalue weighted by Crippen LogP contribution is -2.10. The summed E-state index contributed by atoms with van der Waals surface area (Å²) in [5, 5.41) is 9.03. The summed E-state index contributed by atoms with van der Waals surface area (Å²) in [6, 6.07) is 7.89. The first-order valence-electron chi connectivity index (χ1n) is 5.64. The molecular formula is C13H18O2S. The minimum atomic E-state index is -0.739. The Bertz CT molecular complexity index is 332. The maximum absolute atomic E-state index is 11.0. The molecule has 1 N–H and O–H groups in total. The number of hydrogen-bond acceptors (Lipinski definition) is 2. The van der Waals surface area contributed by atoms with E-state index in [0.717, 1.165) is 17.7 Å². The standard InChI is InChI=1S/C13H18O2S/c1-3-9-16-11-7-5-10(6-8-11)12(4-2)13(14)15/h5-8,12H,3-4,9H2,1-2H3,(H,14,15). The average molecular weight is 238 g/mol. The van der Waals surface area contributed by atoms with Gasteiger partial charge in [-0.25, -0.2) is 0 Å². The van der Waals surface area contributed by atoms with E-state index in [4.69, 9.17) is 5.11 Å². The van der Waals surface area contributed by atoms with Crippen molar-refractivity contribution in [2.75, 3.05) is 5.75 Å². The predicted octanol–water partition coefficient (Wildman–Crippen LogP) is 3.77. The summed E-state index contributed by atoms with van der Waals surface area (Å²) in [7, 11) is 0. The monoisotopic (exact) mass is 238 g/mol. The second-order valence-corrected chi connectivity index (χ2v) is 4.88. The lowest BCUT2D eigenvalue weighted by molar-refractivity contribution is -0.138. The normalized spacial score (nSPS) is 12.4. The molecule has 0 saturated carbocycles. The van der Waals surface area contributed by atoms with Crippen molar-refractivity contribution in [3.63, 3.8) is 0 Å². The van der Waals surface area contributed by atoms with Crippen LogP contribution in [0.2, 0.25) is 0 Å². The van der Waals surface area contributed by atoms with Gasteiger partial charge in [-0.3, -0.25) is 4.79 Å². The minimum absolute atomic E-state index is 0.370. The molecule has 0 aliphatic heterocycles. The first kappa shape index (κ1) is 13.1. The summed E-state index contributed by atoms with van der Waals surface area (Å²) in [6.45, 7) is 4.05. The van der Waals surface area contributed by atoms with Crippen molar-refractivity contribution in [2.24, 2.45) is 0 Å². The average Bonchev–Trinajstić information content (AvgIpc) is 2.28. The van der Waals surface area contributed by atoms with Gasteiger partial charge in [-0.2, -0.15) is 0 Å². The number of thioether (sulfide) groups is 1. The number of aliphatic carboxylic acids is 1. The first-order chi connectivity index (χ1) is 7.69. The fraction of sp³-hybridized carbons (Fsp3) is 0.462. The Kier molecular flexibility index (Phi) is 5.39. The Hall–Kier alpha value is -0.960. The number of carbonyl (C=O) groups is 1. The van der Waals surface area contributed by atoms with Crippen LogP contribution in [0.3, 0.4) is 0 Å². The van der Waals surface area contributed by atoms with E-state index in [1.165, 1.54) is 4.90 Å². The van der Waals surface area contributed by atoms with Gasteiger partial charge in [0.1, 0.15) is 0 Å². The first-order valence-corrected chi connectivity index (χ1v) is 6.63. The smallest absolute Gasteiger partial charge is 0.310 e. The second kappa shape index (κ2) is 6.59. The van der Waals surface area contributed by atoms with E-state index in [1.54, 1.807) is 0 Å². The van der Waals surface area contributed by atoms with Crippen LogP contribution in [0, 0.1) is 0 Å². The van der Waals surface area contributed by atoms with E-state index in [1.807, 2.05) is 43.0 Å². The molecule has 0 amide bonds. The maximum Gasteiger partial charge on any atom is 0.310 e. The third kappa shape index (κ3) is 3.56. The van der Waals surface area contributed by atoms with Crippen LogP contribution in [-0.2, 0) is 4.79 Å². The Morgan fingerprint density at radius 1 is 1.31 bits per heavy atom. The summed E-state index contributed by atoms with van der Waals surface area (Å²) in [4.78, 5) is 12.2. The molecule has 16 heavy (non-hydrogen) atoms. The molecule has 1 aromatic rings. The molecule has 2 nitrogen and oxygen atoms in total. The van der Waals surface area contributed by atoms with Gasteiger partial charge in [-0.15, -0.1) is 11.8 Å². The molecule has 0 fully saturated rings. The molecule has 0 bridgehead atoms. The molecule has 0 aliphatic rings. The molecule has 0 heterocycles. The summed E-state index contributed by atoms with van der Waals surface area (Å²) < 4.78 is 0. The van der Waals surface area contributed by atoms with Crippen LogP contribution in [0.5, 0.6) is 0 Å². The fourth-order valence-electron chi connectivity index (χ4n) is 1.57. The maximum atomic E-state index is 11.0. The zero-order valence-electron chi connectivity index (χ0n) is 9.77. The second-order valence-electron chi connectivity index (χ2n) is 3.72. The lowest BCUT2D eigenvalue weighted by Gasteiger charge is -2.10. The predicted molar refractivity (Wildman–Crippen MR) is 68.1 cm³/mol. The zero-order valence-corrected chi connectivity index (χ0v) is 10.6. The van der Waals surface area contributed by atoms with Crippen molar-refractivity contribution < 1.29 is 9.90 Å². The fourth-order valence-corrected chi connectivity index (χ4v) is 2.34. The quantitative estimate of drug-likeness (QED) is 0.767. The van der Waals surface area contributed by atoms with E-state index in [9.17, 15) is 4.79 Å². The molecular weight excluding hydrogens is 220 g/mol. The van der Waals surface area contributed by atoms with Gasteiger partial charge in [0.15, 0.2) is 0 Å². The SMILES string of the molecule is CCCSc1ccc(C(CC)C(=O)O)cc1. The Labute approximate surface area is 101 Å². The van der Waals surface area contributed by atoms with Crippen molar-refractivity contribution in [1.82, 2.24) is 0 Å². The molecule has 0 aromatic heterocycles. The molecule has 88 valence electrons. The Balaban J connectivity index is 2.73. The third-order valence-electron chi connectivity index (χ3n) is 2.46. The highest BCUT2D eigenvalue weighted by Crippen LogP contribution is 2.24. The van der Waals surface area contributed by atoms with Gasteiger partial charge in [0.2, 0.25) is 0 Å². The largest absolute Gasteiger partial charge is 0.481 e. The minimum Gasteiger partial charge on any atom is -0.481 e. The lowest BCUT2D eigenvalue weighted by atomic mass is 9.97. The van der Waals surface area contributed by atoms with E-state index in [0.29, 0.717) is 6.42 Å². The van der Waals surface area contributed by atoms with Crippen LogP contribution in [-0.4, -0.2) is 16.8 Å². The van der Waals surface area contributed by atoms with Crippen LogP contribution in [0.4, 0.5) is 0 Å². The highest BCUT2D eigenvalue weighted by Gasteiger charge is 2.16. The van der Waals surface area contributed by atoms with Crippen LogP contribution in [0.25, 0.3) is 0 Å².